The van der Waals surface area contributed by atoms with E-state index in [0.29, 0.717) is 11.3 Å². The van der Waals surface area contributed by atoms with Crippen LogP contribution in [-0.2, 0) is 0 Å². The first-order valence-corrected chi connectivity index (χ1v) is 7.76. The quantitative estimate of drug-likeness (QED) is 0.874. The Kier molecular flexibility index (Phi) is 4.51. The first kappa shape index (κ1) is 14.8. The number of halogens is 1. The average molecular weight is 302 g/mol. The van der Waals surface area contributed by atoms with Gasteiger partial charge in [-0.3, -0.25) is 4.79 Å². The zero-order valence-electron chi connectivity index (χ0n) is 12.3. The van der Waals surface area contributed by atoms with Crippen LogP contribution in [0, 0.1) is 5.82 Å². The predicted octanol–water partition coefficient (Wildman–Crippen LogP) is 3.93. The van der Waals surface area contributed by atoms with Crippen molar-refractivity contribution >= 4 is 5.91 Å². The summed E-state index contributed by atoms with van der Waals surface area (Å²) >= 11 is 0. The second-order valence-corrected chi connectivity index (χ2v) is 5.75. The fourth-order valence-corrected chi connectivity index (χ4v) is 2.82. The molecular formula is C17H19FN2O2. The SMILES string of the molecule is O=C(NC1CCCCCC1)c1cc(-c2ccc(F)cc2)on1. The number of rotatable bonds is 3. The highest BCUT2D eigenvalue weighted by molar-refractivity contribution is 5.93. The molecule has 0 bridgehead atoms. The topological polar surface area (TPSA) is 55.1 Å². The number of nitrogens with zero attached hydrogens (tertiary/aromatic N) is 1. The molecule has 1 amide bonds. The fraction of sp³-hybridized carbons (Fsp3) is 0.412. The second kappa shape index (κ2) is 6.73. The van der Waals surface area contributed by atoms with Crippen LogP contribution in [0.1, 0.15) is 49.0 Å². The van der Waals surface area contributed by atoms with E-state index in [2.05, 4.69) is 10.5 Å². The summed E-state index contributed by atoms with van der Waals surface area (Å²) in [6.45, 7) is 0. The molecule has 4 nitrogen and oxygen atoms in total. The molecule has 1 aromatic carbocycles. The number of amides is 1. The Bertz CT molecular complexity index is 628. The molecule has 1 aliphatic carbocycles. The summed E-state index contributed by atoms with van der Waals surface area (Å²) in [4.78, 5) is 12.2. The first-order chi connectivity index (χ1) is 10.7. The number of benzene rings is 1. The minimum Gasteiger partial charge on any atom is -0.355 e. The number of aromatic nitrogens is 1. The van der Waals surface area contributed by atoms with Crippen molar-refractivity contribution in [3.8, 4) is 11.3 Å². The van der Waals surface area contributed by atoms with Crippen molar-refractivity contribution in [2.45, 2.75) is 44.6 Å². The van der Waals surface area contributed by atoms with Gasteiger partial charge in [-0.15, -0.1) is 0 Å². The van der Waals surface area contributed by atoms with Crippen LogP contribution in [0.4, 0.5) is 4.39 Å². The lowest BCUT2D eigenvalue weighted by Gasteiger charge is -2.14. The molecule has 1 aliphatic rings. The molecule has 3 rings (SSSR count). The van der Waals surface area contributed by atoms with E-state index in [1.807, 2.05) is 0 Å². The molecule has 0 radical (unpaired) electrons. The summed E-state index contributed by atoms with van der Waals surface area (Å²) in [5.74, 6) is -0.0513. The van der Waals surface area contributed by atoms with Crippen LogP contribution < -0.4 is 5.32 Å². The number of hydrogen-bond donors (Lipinski definition) is 1. The van der Waals surface area contributed by atoms with E-state index in [4.69, 9.17) is 4.52 Å². The van der Waals surface area contributed by atoms with Crippen molar-refractivity contribution < 1.29 is 13.7 Å². The van der Waals surface area contributed by atoms with E-state index in [-0.39, 0.29) is 23.5 Å². The van der Waals surface area contributed by atoms with Crippen molar-refractivity contribution in [1.29, 1.82) is 0 Å². The molecule has 1 aromatic heterocycles. The van der Waals surface area contributed by atoms with Crippen molar-refractivity contribution in [2.24, 2.45) is 0 Å². The van der Waals surface area contributed by atoms with E-state index >= 15 is 0 Å². The van der Waals surface area contributed by atoms with Gasteiger partial charge in [0.15, 0.2) is 11.5 Å². The molecule has 0 atom stereocenters. The Morgan fingerprint density at radius 3 is 2.50 bits per heavy atom. The maximum Gasteiger partial charge on any atom is 0.273 e. The molecule has 2 aromatic rings. The molecule has 0 spiro atoms. The van der Waals surface area contributed by atoms with Crippen LogP contribution >= 0.6 is 0 Å². The summed E-state index contributed by atoms with van der Waals surface area (Å²) in [7, 11) is 0. The molecular weight excluding hydrogens is 283 g/mol. The maximum atomic E-state index is 12.9. The summed E-state index contributed by atoms with van der Waals surface area (Å²) in [5, 5.41) is 6.85. The number of hydrogen-bond acceptors (Lipinski definition) is 3. The van der Waals surface area contributed by atoms with Crippen molar-refractivity contribution in [1.82, 2.24) is 10.5 Å². The van der Waals surface area contributed by atoms with E-state index in [1.165, 1.54) is 25.0 Å². The molecule has 0 aliphatic heterocycles. The van der Waals surface area contributed by atoms with Crippen LogP contribution in [0.25, 0.3) is 11.3 Å². The van der Waals surface area contributed by atoms with Gasteiger partial charge in [-0.05, 0) is 37.1 Å². The van der Waals surface area contributed by atoms with Gasteiger partial charge in [-0.25, -0.2) is 4.39 Å². The standard InChI is InChI=1S/C17H19FN2O2/c18-13-9-7-12(8-10-13)16-11-15(20-22-16)17(21)19-14-5-3-1-2-4-6-14/h7-11,14H,1-6H2,(H,19,21). The second-order valence-electron chi connectivity index (χ2n) is 5.75. The molecule has 1 heterocycles. The van der Waals surface area contributed by atoms with E-state index < -0.39 is 0 Å². The molecule has 5 heteroatoms. The van der Waals surface area contributed by atoms with Crippen LogP contribution in [-0.4, -0.2) is 17.1 Å². The molecule has 116 valence electrons. The van der Waals surface area contributed by atoms with Crippen molar-refractivity contribution in [3.63, 3.8) is 0 Å². The van der Waals surface area contributed by atoms with Crippen LogP contribution in [0.2, 0.25) is 0 Å². The normalized spacial score (nSPS) is 16.2. The van der Waals surface area contributed by atoms with Crippen LogP contribution in [0.15, 0.2) is 34.9 Å². The zero-order valence-corrected chi connectivity index (χ0v) is 12.3. The third kappa shape index (κ3) is 3.53. The highest BCUT2D eigenvalue weighted by Crippen LogP contribution is 2.21. The summed E-state index contributed by atoms with van der Waals surface area (Å²) in [5.41, 5.74) is 0.964. The number of carbonyl (C=O) groups is 1. The average Bonchev–Trinajstić information content (AvgIpc) is 2.88. The Hall–Kier alpha value is -2.17. The lowest BCUT2D eigenvalue weighted by molar-refractivity contribution is 0.0924. The lowest BCUT2D eigenvalue weighted by atomic mass is 10.1. The largest absolute Gasteiger partial charge is 0.355 e. The summed E-state index contributed by atoms with van der Waals surface area (Å²) in [6.07, 6.45) is 6.84. The van der Waals surface area contributed by atoms with Crippen molar-refractivity contribution in [2.75, 3.05) is 0 Å². The third-order valence-corrected chi connectivity index (χ3v) is 4.06. The zero-order chi connectivity index (χ0) is 15.4. The Balaban J connectivity index is 1.67. The highest BCUT2D eigenvalue weighted by Gasteiger charge is 2.19. The Morgan fingerprint density at radius 2 is 1.82 bits per heavy atom. The maximum absolute atomic E-state index is 12.9. The lowest BCUT2D eigenvalue weighted by Crippen LogP contribution is -2.34. The third-order valence-electron chi connectivity index (χ3n) is 4.06. The van der Waals surface area contributed by atoms with Gasteiger partial charge in [-0.2, -0.15) is 0 Å². The van der Waals surface area contributed by atoms with Gasteiger partial charge >= 0.3 is 0 Å². The smallest absolute Gasteiger partial charge is 0.273 e. The van der Waals surface area contributed by atoms with E-state index in [0.717, 1.165) is 25.7 Å². The molecule has 0 saturated heterocycles. The van der Waals surface area contributed by atoms with Crippen molar-refractivity contribution in [3.05, 3.63) is 41.8 Å². The monoisotopic (exact) mass is 302 g/mol. The number of carbonyl (C=O) groups excluding carboxylic acids is 1. The van der Waals surface area contributed by atoms with Gasteiger partial charge < -0.3 is 9.84 Å². The molecule has 1 N–H and O–H groups in total. The van der Waals surface area contributed by atoms with Gasteiger partial charge in [0.2, 0.25) is 0 Å². The van der Waals surface area contributed by atoms with E-state index in [9.17, 15) is 9.18 Å². The fourth-order valence-electron chi connectivity index (χ4n) is 2.82. The van der Waals surface area contributed by atoms with Gasteiger partial charge in [0.05, 0.1) is 0 Å². The van der Waals surface area contributed by atoms with Gasteiger partial charge in [0, 0.05) is 17.7 Å². The van der Waals surface area contributed by atoms with Gasteiger partial charge in [-0.1, -0.05) is 30.8 Å². The van der Waals surface area contributed by atoms with Gasteiger partial charge in [0.1, 0.15) is 5.82 Å². The summed E-state index contributed by atoms with van der Waals surface area (Å²) in [6, 6.07) is 7.72. The van der Waals surface area contributed by atoms with Crippen LogP contribution in [0.5, 0.6) is 0 Å². The molecule has 1 saturated carbocycles. The van der Waals surface area contributed by atoms with E-state index in [1.54, 1.807) is 18.2 Å². The molecule has 0 unspecified atom stereocenters. The first-order valence-electron chi connectivity index (χ1n) is 7.76. The van der Waals surface area contributed by atoms with Crippen LogP contribution in [0.3, 0.4) is 0 Å². The highest BCUT2D eigenvalue weighted by atomic mass is 19.1. The Labute approximate surface area is 128 Å². The summed E-state index contributed by atoms with van der Waals surface area (Å²) < 4.78 is 18.1. The predicted molar refractivity (Wildman–Crippen MR) is 80.9 cm³/mol. The molecule has 22 heavy (non-hydrogen) atoms. The van der Waals surface area contributed by atoms with Gasteiger partial charge in [0.25, 0.3) is 5.91 Å². The minimum absolute atomic E-state index is 0.205. The Morgan fingerprint density at radius 1 is 1.14 bits per heavy atom. The number of nitrogens with one attached hydrogen (secondary N) is 1. The minimum atomic E-state index is -0.311. The molecule has 1 fully saturated rings.